The zero-order chi connectivity index (χ0) is 12.4. The van der Waals surface area contributed by atoms with Crippen molar-refractivity contribution in [3.05, 3.63) is 47.7 Å². The minimum Gasteiger partial charge on any atom is -0.458 e. The Labute approximate surface area is 100 Å². The van der Waals surface area contributed by atoms with E-state index in [2.05, 4.69) is 11.6 Å². The van der Waals surface area contributed by atoms with Crippen molar-refractivity contribution in [2.45, 2.75) is 13.8 Å². The number of rotatable bonds is 3. The highest BCUT2D eigenvalue weighted by Gasteiger charge is 2.10. The van der Waals surface area contributed by atoms with Crippen LogP contribution in [0.4, 0.5) is 0 Å². The number of nitrogens with one attached hydrogen (secondary N) is 1. The standard InChI is InChI=1S/C14H15NO2/c1-4-7-17-14(16)11-5-6-13-12(8-11)9(2)10(3)15-13/h4-6,8,15H,1,7H2,2-3H3. The van der Waals surface area contributed by atoms with E-state index in [1.807, 2.05) is 26.0 Å². The molecule has 17 heavy (non-hydrogen) atoms. The highest BCUT2D eigenvalue weighted by atomic mass is 16.5. The molecule has 2 rings (SSSR count). The second-order valence-corrected chi connectivity index (χ2v) is 4.02. The van der Waals surface area contributed by atoms with Gasteiger partial charge >= 0.3 is 5.97 Å². The molecule has 1 aromatic carbocycles. The van der Waals surface area contributed by atoms with E-state index < -0.39 is 0 Å². The van der Waals surface area contributed by atoms with Crippen LogP contribution in [0.1, 0.15) is 21.6 Å². The first-order valence-electron chi connectivity index (χ1n) is 5.50. The van der Waals surface area contributed by atoms with E-state index in [0.29, 0.717) is 5.56 Å². The molecule has 3 heteroatoms. The Kier molecular flexibility index (Phi) is 3.00. The van der Waals surface area contributed by atoms with Gasteiger partial charge in [0.05, 0.1) is 5.56 Å². The molecule has 0 spiro atoms. The van der Waals surface area contributed by atoms with Crippen molar-refractivity contribution in [3.8, 4) is 0 Å². The summed E-state index contributed by atoms with van der Waals surface area (Å²) in [4.78, 5) is 15.0. The number of aryl methyl sites for hydroxylation is 2. The Morgan fingerprint density at radius 2 is 2.24 bits per heavy atom. The second-order valence-electron chi connectivity index (χ2n) is 4.02. The highest BCUT2D eigenvalue weighted by molar-refractivity contribution is 5.96. The molecule has 0 saturated heterocycles. The molecule has 1 N–H and O–H groups in total. The summed E-state index contributed by atoms with van der Waals surface area (Å²) in [5.74, 6) is -0.315. The van der Waals surface area contributed by atoms with Gasteiger partial charge in [0.25, 0.3) is 0 Å². The molecular formula is C14H15NO2. The van der Waals surface area contributed by atoms with Crippen LogP contribution in [0, 0.1) is 13.8 Å². The summed E-state index contributed by atoms with van der Waals surface area (Å²) in [5.41, 5.74) is 3.90. The minimum atomic E-state index is -0.315. The van der Waals surface area contributed by atoms with Crippen LogP contribution in [0.15, 0.2) is 30.9 Å². The normalized spacial score (nSPS) is 10.5. The fourth-order valence-electron chi connectivity index (χ4n) is 1.81. The largest absolute Gasteiger partial charge is 0.458 e. The zero-order valence-electron chi connectivity index (χ0n) is 10.0. The number of ether oxygens (including phenoxy) is 1. The molecule has 0 unspecified atom stereocenters. The van der Waals surface area contributed by atoms with Crippen LogP contribution >= 0.6 is 0 Å². The highest BCUT2D eigenvalue weighted by Crippen LogP contribution is 2.22. The molecule has 0 saturated carbocycles. The molecule has 0 aliphatic heterocycles. The number of aromatic amines is 1. The molecule has 1 aromatic heterocycles. The number of fused-ring (bicyclic) bond motifs is 1. The molecule has 0 atom stereocenters. The van der Waals surface area contributed by atoms with Gasteiger partial charge in [0.2, 0.25) is 0 Å². The van der Waals surface area contributed by atoms with Gasteiger partial charge in [0.15, 0.2) is 0 Å². The molecule has 88 valence electrons. The smallest absolute Gasteiger partial charge is 0.338 e. The topological polar surface area (TPSA) is 42.1 Å². The van der Waals surface area contributed by atoms with Gasteiger partial charge in [-0.15, -0.1) is 0 Å². The van der Waals surface area contributed by atoms with Crippen molar-refractivity contribution in [1.29, 1.82) is 0 Å². The van der Waals surface area contributed by atoms with Crippen LogP contribution in [0.2, 0.25) is 0 Å². The maximum absolute atomic E-state index is 11.7. The molecule has 2 aromatic rings. The van der Waals surface area contributed by atoms with Gasteiger partial charge in [-0.05, 0) is 37.6 Å². The number of carbonyl (C=O) groups excluding carboxylic acids is 1. The molecule has 0 amide bonds. The van der Waals surface area contributed by atoms with Crippen LogP contribution in [0.25, 0.3) is 10.9 Å². The molecule has 0 fully saturated rings. The Hall–Kier alpha value is -2.03. The zero-order valence-corrected chi connectivity index (χ0v) is 10.0. The lowest BCUT2D eigenvalue weighted by Gasteiger charge is -2.02. The third kappa shape index (κ3) is 2.09. The summed E-state index contributed by atoms with van der Waals surface area (Å²) in [7, 11) is 0. The van der Waals surface area contributed by atoms with Crippen LogP contribution in [0.5, 0.6) is 0 Å². The van der Waals surface area contributed by atoms with Gasteiger partial charge in [0, 0.05) is 16.6 Å². The fraction of sp³-hybridized carbons (Fsp3) is 0.214. The predicted molar refractivity (Wildman–Crippen MR) is 68.3 cm³/mol. The van der Waals surface area contributed by atoms with Crippen LogP contribution in [-0.4, -0.2) is 17.6 Å². The Bertz CT molecular complexity index is 581. The van der Waals surface area contributed by atoms with Crippen LogP contribution < -0.4 is 0 Å². The van der Waals surface area contributed by atoms with Gasteiger partial charge in [-0.2, -0.15) is 0 Å². The first-order chi connectivity index (χ1) is 8.13. The lowest BCUT2D eigenvalue weighted by atomic mass is 10.1. The van der Waals surface area contributed by atoms with Crippen LogP contribution in [-0.2, 0) is 4.74 Å². The van der Waals surface area contributed by atoms with Gasteiger partial charge in [0.1, 0.15) is 6.61 Å². The van der Waals surface area contributed by atoms with E-state index in [4.69, 9.17) is 4.74 Å². The Balaban J connectivity index is 2.40. The molecule has 0 aliphatic rings. The van der Waals surface area contributed by atoms with Crippen molar-refractivity contribution in [1.82, 2.24) is 4.98 Å². The monoisotopic (exact) mass is 229 g/mol. The van der Waals surface area contributed by atoms with Gasteiger partial charge in [-0.3, -0.25) is 0 Å². The Morgan fingerprint density at radius 1 is 1.47 bits per heavy atom. The summed E-state index contributed by atoms with van der Waals surface area (Å²) in [5, 5.41) is 1.07. The van der Waals surface area contributed by atoms with Crippen molar-refractivity contribution in [3.63, 3.8) is 0 Å². The summed E-state index contributed by atoms with van der Waals surface area (Å²) in [6.45, 7) is 7.80. The van der Waals surface area contributed by atoms with E-state index in [9.17, 15) is 4.79 Å². The average molecular weight is 229 g/mol. The van der Waals surface area contributed by atoms with E-state index in [0.717, 1.165) is 16.6 Å². The van der Waals surface area contributed by atoms with Crippen molar-refractivity contribution in [2.75, 3.05) is 6.61 Å². The summed E-state index contributed by atoms with van der Waals surface area (Å²) in [6.07, 6.45) is 1.56. The molecule has 3 nitrogen and oxygen atoms in total. The maximum atomic E-state index is 11.7. The summed E-state index contributed by atoms with van der Waals surface area (Å²) >= 11 is 0. The SMILES string of the molecule is C=CCOC(=O)c1ccc2[nH]c(C)c(C)c2c1. The van der Waals surface area contributed by atoms with Crippen molar-refractivity contribution >= 4 is 16.9 Å². The average Bonchev–Trinajstić information content (AvgIpc) is 2.62. The van der Waals surface area contributed by atoms with Crippen LogP contribution in [0.3, 0.4) is 0 Å². The number of esters is 1. The number of H-pyrrole nitrogens is 1. The Morgan fingerprint density at radius 3 is 2.94 bits per heavy atom. The van der Waals surface area contributed by atoms with Crippen molar-refractivity contribution < 1.29 is 9.53 Å². The molecular weight excluding hydrogens is 214 g/mol. The van der Waals surface area contributed by atoms with Gasteiger partial charge in [-0.1, -0.05) is 12.7 Å². The van der Waals surface area contributed by atoms with Crippen molar-refractivity contribution in [2.24, 2.45) is 0 Å². The van der Waals surface area contributed by atoms with E-state index in [1.54, 1.807) is 12.1 Å². The van der Waals surface area contributed by atoms with Gasteiger partial charge in [-0.25, -0.2) is 4.79 Å². The summed E-state index contributed by atoms with van der Waals surface area (Å²) in [6, 6.07) is 5.53. The maximum Gasteiger partial charge on any atom is 0.338 e. The lowest BCUT2D eigenvalue weighted by Crippen LogP contribution is -2.04. The lowest BCUT2D eigenvalue weighted by molar-refractivity contribution is 0.0550. The van der Waals surface area contributed by atoms with E-state index in [1.165, 1.54) is 5.56 Å². The number of aromatic nitrogens is 1. The number of hydrogen-bond acceptors (Lipinski definition) is 2. The number of benzene rings is 1. The first kappa shape index (κ1) is 11.5. The minimum absolute atomic E-state index is 0.238. The molecule has 0 radical (unpaired) electrons. The predicted octanol–water partition coefficient (Wildman–Crippen LogP) is 3.13. The molecule has 0 aliphatic carbocycles. The quantitative estimate of drug-likeness (QED) is 0.649. The third-order valence-corrected chi connectivity index (χ3v) is 2.88. The number of carbonyl (C=O) groups is 1. The fourth-order valence-corrected chi connectivity index (χ4v) is 1.81. The third-order valence-electron chi connectivity index (χ3n) is 2.88. The second kappa shape index (κ2) is 4.45. The first-order valence-corrected chi connectivity index (χ1v) is 5.50. The van der Waals surface area contributed by atoms with Gasteiger partial charge < -0.3 is 9.72 Å². The van der Waals surface area contributed by atoms with E-state index in [-0.39, 0.29) is 12.6 Å². The molecule has 0 bridgehead atoms. The molecule has 1 heterocycles. The van der Waals surface area contributed by atoms with E-state index >= 15 is 0 Å². The number of hydrogen-bond donors (Lipinski definition) is 1. The summed E-state index contributed by atoms with van der Waals surface area (Å²) < 4.78 is 5.01.